The van der Waals surface area contributed by atoms with Crippen molar-refractivity contribution in [2.24, 2.45) is 0 Å². The van der Waals surface area contributed by atoms with Crippen LogP contribution in [0.4, 0.5) is 11.4 Å². The minimum absolute atomic E-state index is 0.293. The van der Waals surface area contributed by atoms with Crippen LogP contribution >= 0.6 is 11.3 Å². The van der Waals surface area contributed by atoms with Gasteiger partial charge in [-0.15, -0.1) is 11.3 Å². The molecule has 0 atom stereocenters. The van der Waals surface area contributed by atoms with Gasteiger partial charge in [0.1, 0.15) is 12.4 Å². The van der Waals surface area contributed by atoms with Gasteiger partial charge < -0.3 is 24.4 Å². The monoisotopic (exact) mass is 467 g/mol. The molecule has 0 saturated carbocycles. The van der Waals surface area contributed by atoms with Crippen LogP contribution in [0.25, 0.3) is 0 Å². The molecule has 9 heteroatoms. The molecule has 1 aliphatic rings. The van der Waals surface area contributed by atoms with E-state index < -0.39 is 5.97 Å². The minimum Gasteiger partial charge on any atom is -0.487 e. The fraction of sp³-hybridized carbons (Fsp3) is 0.292. The van der Waals surface area contributed by atoms with E-state index in [1.165, 1.54) is 7.11 Å². The summed E-state index contributed by atoms with van der Waals surface area (Å²) in [6.45, 7) is 5.00. The first-order chi connectivity index (χ1) is 16.0. The Balaban J connectivity index is 1.49. The van der Waals surface area contributed by atoms with E-state index in [0.717, 1.165) is 29.5 Å². The highest BCUT2D eigenvalue weighted by atomic mass is 32.1. The van der Waals surface area contributed by atoms with E-state index in [-0.39, 0.29) is 5.91 Å². The summed E-state index contributed by atoms with van der Waals surface area (Å²) >= 11 is 1.56. The lowest BCUT2D eigenvalue weighted by atomic mass is 10.1. The van der Waals surface area contributed by atoms with Crippen molar-refractivity contribution in [3.63, 3.8) is 0 Å². The van der Waals surface area contributed by atoms with Gasteiger partial charge in [-0.3, -0.25) is 4.79 Å². The van der Waals surface area contributed by atoms with E-state index >= 15 is 0 Å². The van der Waals surface area contributed by atoms with Crippen LogP contribution < -0.4 is 15.0 Å². The lowest BCUT2D eigenvalue weighted by molar-refractivity contribution is 0.0602. The van der Waals surface area contributed by atoms with Gasteiger partial charge in [0.15, 0.2) is 0 Å². The van der Waals surface area contributed by atoms with Gasteiger partial charge in [-0.05, 0) is 43.3 Å². The molecule has 1 aromatic heterocycles. The smallest absolute Gasteiger partial charge is 0.340 e. The van der Waals surface area contributed by atoms with E-state index in [4.69, 9.17) is 14.2 Å². The average molecular weight is 468 g/mol. The molecule has 172 valence electrons. The van der Waals surface area contributed by atoms with Crippen LogP contribution in [0.5, 0.6) is 5.75 Å². The van der Waals surface area contributed by atoms with Crippen molar-refractivity contribution in [3.8, 4) is 5.75 Å². The molecule has 8 nitrogen and oxygen atoms in total. The zero-order valence-electron chi connectivity index (χ0n) is 18.5. The molecule has 2 heterocycles. The molecule has 0 radical (unpaired) electrons. The number of hydrogen-bond acceptors (Lipinski definition) is 8. The summed E-state index contributed by atoms with van der Waals surface area (Å²) in [6.07, 6.45) is 0. The third-order valence-corrected chi connectivity index (χ3v) is 6.00. The molecule has 3 aromatic rings. The summed E-state index contributed by atoms with van der Waals surface area (Å²) in [5.74, 6) is -0.311. The highest BCUT2D eigenvalue weighted by Crippen LogP contribution is 2.26. The number of aryl methyl sites for hydroxylation is 1. The zero-order valence-corrected chi connectivity index (χ0v) is 19.3. The number of carbonyl (C=O) groups is 2. The van der Waals surface area contributed by atoms with Crippen molar-refractivity contribution in [1.82, 2.24) is 4.98 Å². The predicted molar refractivity (Wildman–Crippen MR) is 126 cm³/mol. The van der Waals surface area contributed by atoms with Crippen molar-refractivity contribution in [3.05, 3.63) is 69.7 Å². The normalized spacial score (nSPS) is 13.5. The van der Waals surface area contributed by atoms with Crippen molar-refractivity contribution < 1.29 is 23.8 Å². The maximum Gasteiger partial charge on any atom is 0.340 e. The molecule has 1 saturated heterocycles. The Morgan fingerprint density at radius 1 is 1.18 bits per heavy atom. The van der Waals surface area contributed by atoms with Crippen LogP contribution in [0.3, 0.4) is 0 Å². The SMILES string of the molecule is COC(=O)c1cc(N2CCOCC2)ccc1NC(=O)c1cccc(OCc2csc(C)n2)c1. The largest absolute Gasteiger partial charge is 0.487 e. The Morgan fingerprint density at radius 3 is 2.73 bits per heavy atom. The summed E-state index contributed by atoms with van der Waals surface area (Å²) in [6, 6.07) is 12.2. The highest BCUT2D eigenvalue weighted by molar-refractivity contribution is 7.09. The topological polar surface area (TPSA) is 90.0 Å². The Hall–Kier alpha value is -3.43. The van der Waals surface area contributed by atoms with E-state index in [1.54, 1.807) is 47.7 Å². The van der Waals surface area contributed by atoms with Gasteiger partial charge in [-0.1, -0.05) is 6.07 Å². The molecule has 0 spiro atoms. The van der Waals surface area contributed by atoms with Gasteiger partial charge in [-0.25, -0.2) is 9.78 Å². The number of anilines is 2. The fourth-order valence-corrected chi connectivity index (χ4v) is 4.09. The van der Waals surface area contributed by atoms with Crippen molar-refractivity contribution in [2.75, 3.05) is 43.6 Å². The van der Waals surface area contributed by atoms with Gasteiger partial charge >= 0.3 is 5.97 Å². The first-order valence-electron chi connectivity index (χ1n) is 10.5. The molecule has 1 fully saturated rings. The summed E-state index contributed by atoms with van der Waals surface area (Å²) in [7, 11) is 1.32. The maximum absolute atomic E-state index is 12.9. The summed E-state index contributed by atoms with van der Waals surface area (Å²) in [5, 5.41) is 5.75. The number of methoxy groups -OCH3 is 1. The number of esters is 1. The molecule has 0 bridgehead atoms. The number of thiazole rings is 1. The van der Waals surface area contributed by atoms with Gasteiger partial charge in [0, 0.05) is 29.7 Å². The maximum atomic E-state index is 12.9. The number of nitrogens with zero attached hydrogens (tertiary/aromatic N) is 2. The lowest BCUT2D eigenvalue weighted by Crippen LogP contribution is -2.36. The van der Waals surface area contributed by atoms with Gasteiger partial charge in [0.2, 0.25) is 0 Å². The number of morpholine rings is 1. The molecule has 2 aromatic carbocycles. The highest BCUT2D eigenvalue weighted by Gasteiger charge is 2.19. The summed E-state index contributed by atoms with van der Waals surface area (Å²) in [5.41, 5.74) is 2.81. The van der Waals surface area contributed by atoms with E-state index in [0.29, 0.717) is 42.4 Å². The number of amides is 1. The third kappa shape index (κ3) is 5.68. The zero-order chi connectivity index (χ0) is 23.2. The van der Waals surface area contributed by atoms with E-state index in [1.807, 2.05) is 18.4 Å². The van der Waals surface area contributed by atoms with Crippen LogP contribution in [0, 0.1) is 6.92 Å². The van der Waals surface area contributed by atoms with Crippen LogP contribution in [0.15, 0.2) is 47.8 Å². The Bertz CT molecular complexity index is 1140. The van der Waals surface area contributed by atoms with Gasteiger partial charge in [-0.2, -0.15) is 0 Å². The van der Waals surface area contributed by atoms with Crippen LogP contribution in [-0.4, -0.2) is 50.3 Å². The lowest BCUT2D eigenvalue weighted by Gasteiger charge is -2.29. The van der Waals surface area contributed by atoms with Gasteiger partial charge in [0.05, 0.1) is 42.3 Å². The van der Waals surface area contributed by atoms with E-state index in [2.05, 4.69) is 15.2 Å². The number of aromatic nitrogens is 1. The Kier molecular flexibility index (Phi) is 7.21. The number of hydrogen-bond donors (Lipinski definition) is 1. The number of rotatable bonds is 7. The van der Waals surface area contributed by atoms with Crippen molar-refractivity contribution in [1.29, 1.82) is 0 Å². The summed E-state index contributed by atoms with van der Waals surface area (Å²) < 4.78 is 16.1. The number of benzene rings is 2. The van der Waals surface area contributed by atoms with Crippen molar-refractivity contribution >= 4 is 34.6 Å². The van der Waals surface area contributed by atoms with Crippen LogP contribution in [-0.2, 0) is 16.1 Å². The molecular formula is C24H25N3O5S. The second-order valence-electron chi connectivity index (χ2n) is 7.45. The first kappa shape index (κ1) is 22.8. The molecule has 4 rings (SSSR count). The third-order valence-electron chi connectivity index (χ3n) is 5.18. The van der Waals surface area contributed by atoms with Crippen LogP contribution in [0.1, 0.15) is 31.4 Å². The molecule has 1 aliphatic heterocycles. The van der Waals surface area contributed by atoms with Crippen molar-refractivity contribution in [2.45, 2.75) is 13.5 Å². The molecule has 33 heavy (non-hydrogen) atoms. The first-order valence-corrected chi connectivity index (χ1v) is 11.4. The van der Waals surface area contributed by atoms with Gasteiger partial charge in [0.25, 0.3) is 5.91 Å². The minimum atomic E-state index is -0.518. The average Bonchev–Trinajstić information content (AvgIpc) is 3.28. The standard InChI is InChI=1S/C24H25N3O5S/c1-16-25-18(15-33-16)14-32-20-5-3-4-17(12-20)23(28)26-22-7-6-19(13-21(22)24(29)30-2)27-8-10-31-11-9-27/h3-7,12-13,15H,8-11,14H2,1-2H3,(H,26,28). The second kappa shape index (κ2) is 10.5. The molecule has 1 N–H and O–H groups in total. The number of nitrogens with one attached hydrogen (secondary N) is 1. The fourth-order valence-electron chi connectivity index (χ4n) is 3.49. The van der Waals surface area contributed by atoms with E-state index in [9.17, 15) is 9.59 Å². The molecule has 0 aliphatic carbocycles. The molecular weight excluding hydrogens is 442 g/mol. The Morgan fingerprint density at radius 2 is 2.00 bits per heavy atom. The Labute approximate surface area is 196 Å². The quantitative estimate of drug-likeness (QED) is 0.527. The molecule has 0 unspecified atom stereocenters. The second-order valence-corrected chi connectivity index (χ2v) is 8.51. The summed E-state index contributed by atoms with van der Waals surface area (Å²) in [4.78, 5) is 31.9. The predicted octanol–water partition coefficient (Wildman–Crippen LogP) is 3.91. The van der Waals surface area contributed by atoms with Crippen LogP contribution in [0.2, 0.25) is 0 Å². The number of carbonyl (C=O) groups excluding carboxylic acids is 2. The molecule has 1 amide bonds. The number of ether oxygens (including phenoxy) is 3.